The van der Waals surface area contributed by atoms with E-state index in [0.29, 0.717) is 37.3 Å². The van der Waals surface area contributed by atoms with Crippen LogP contribution >= 0.6 is 23.2 Å². The Balaban J connectivity index is 1.95. The Kier molecular flexibility index (Phi) is 8.93. The zero-order chi connectivity index (χ0) is 17.2. The minimum atomic E-state index is 0.216. The standard InChI is InChI=1S/C19H28Cl2N2O/c20-13-15-22(16-14-21)23(18-10-4-5-11-18)19(24)12-6-9-17-7-2-1-3-8-17/h1-3,7-8,18H,4-6,9-16H2. The van der Waals surface area contributed by atoms with Crippen molar-refractivity contribution in [1.82, 2.24) is 10.0 Å². The first-order chi connectivity index (χ1) is 11.8. The summed E-state index contributed by atoms with van der Waals surface area (Å²) in [4.78, 5) is 12.9. The number of halogens is 2. The molecule has 3 nitrogen and oxygen atoms in total. The fourth-order valence-corrected chi connectivity index (χ4v) is 3.86. The smallest absolute Gasteiger partial charge is 0.237 e. The highest BCUT2D eigenvalue weighted by molar-refractivity contribution is 6.18. The van der Waals surface area contributed by atoms with Gasteiger partial charge in [-0.15, -0.1) is 23.2 Å². The first-order valence-corrected chi connectivity index (χ1v) is 10.1. The lowest BCUT2D eigenvalue weighted by molar-refractivity contribution is -0.154. The summed E-state index contributed by atoms with van der Waals surface area (Å²) < 4.78 is 0. The second-order valence-electron chi connectivity index (χ2n) is 6.35. The van der Waals surface area contributed by atoms with Crippen molar-refractivity contribution in [3.63, 3.8) is 0 Å². The number of aryl methyl sites for hydroxylation is 1. The van der Waals surface area contributed by atoms with Crippen molar-refractivity contribution in [3.8, 4) is 0 Å². The average molecular weight is 371 g/mol. The highest BCUT2D eigenvalue weighted by Crippen LogP contribution is 2.26. The van der Waals surface area contributed by atoms with Crippen LogP contribution in [-0.4, -0.2) is 46.8 Å². The molecule has 5 heteroatoms. The molecule has 1 amide bonds. The van der Waals surface area contributed by atoms with Gasteiger partial charge < -0.3 is 0 Å². The molecule has 0 radical (unpaired) electrons. The van der Waals surface area contributed by atoms with Gasteiger partial charge in [0, 0.05) is 37.3 Å². The highest BCUT2D eigenvalue weighted by Gasteiger charge is 2.30. The third-order valence-electron chi connectivity index (χ3n) is 4.61. The van der Waals surface area contributed by atoms with Crippen LogP contribution in [0.25, 0.3) is 0 Å². The van der Waals surface area contributed by atoms with Crippen LogP contribution in [-0.2, 0) is 11.2 Å². The third kappa shape index (κ3) is 5.94. The quantitative estimate of drug-likeness (QED) is 0.447. The Labute approximate surface area is 155 Å². The maximum Gasteiger partial charge on any atom is 0.237 e. The summed E-state index contributed by atoms with van der Waals surface area (Å²) in [7, 11) is 0. The minimum Gasteiger partial charge on any atom is -0.273 e. The molecule has 0 N–H and O–H groups in total. The van der Waals surface area contributed by atoms with E-state index in [1.807, 2.05) is 23.2 Å². The Morgan fingerprint density at radius 2 is 1.67 bits per heavy atom. The molecule has 1 saturated carbocycles. The van der Waals surface area contributed by atoms with Gasteiger partial charge in [-0.25, -0.2) is 5.01 Å². The van der Waals surface area contributed by atoms with E-state index in [2.05, 4.69) is 17.1 Å². The van der Waals surface area contributed by atoms with E-state index in [1.165, 1.54) is 18.4 Å². The van der Waals surface area contributed by atoms with Crippen LogP contribution in [0.2, 0.25) is 0 Å². The number of nitrogens with zero attached hydrogens (tertiary/aromatic N) is 2. The van der Waals surface area contributed by atoms with Gasteiger partial charge in [-0.2, -0.15) is 0 Å². The van der Waals surface area contributed by atoms with Crippen molar-refractivity contribution in [2.24, 2.45) is 0 Å². The van der Waals surface area contributed by atoms with Gasteiger partial charge in [0.2, 0.25) is 5.91 Å². The van der Waals surface area contributed by atoms with Gasteiger partial charge in [-0.1, -0.05) is 43.2 Å². The van der Waals surface area contributed by atoms with Crippen molar-refractivity contribution < 1.29 is 4.79 Å². The average Bonchev–Trinajstić information content (AvgIpc) is 3.10. The number of benzene rings is 1. The van der Waals surface area contributed by atoms with Gasteiger partial charge in [0.15, 0.2) is 0 Å². The molecular formula is C19H28Cl2N2O. The third-order valence-corrected chi connectivity index (χ3v) is 4.95. The zero-order valence-electron chi connectivity index (χ0n) is 14.3. The maximum absolute atomic E-state index is 12.9. The predicted octanol–water partition coefficient (Wildman–Crippen LogP) is 4.48. The van der Waals surface area contributed by atoms with Gasteiger partial charge in [0.1, 0.15) is 0 Å². The lowest BCUT2D eigenvalue weighted by Crippen LogP contribution is -2.52. The number of alkyl halides is 2. The number of rotatable bonds is 10. The van der Waals surface area contributed by atoms with E-state index in [1.54, 1.807) is 0 Å². The van der Waals surface area contributed by atoms with E-state index in [0.717, 1.165) is 25.7 Å². The number of carbonyl (C=O) groups excluding carboxylic acids is 1. The Hall–Kier alpha value is -0.770. The second kappa shape index (κ2) is 11.0. The largest absolute Gasteiger partial charge is 0.273 e. The number of hydrogen-bond donors (Lipinski definition) is 0. The van der Waals surface area contributed by atoms with Crippen molar-refractivity contribution in [3.05, 3.63) is 35.9 Å². The van der Waals surface area contributed by atoms with Gasteiger partial charge in [-0.05, 0) is 31.2 Å². The lowest BCUT2D eigenvalue weighted by atomic mass is 10.1. The predicted molar refractivity (Wildman–Crippen MR) is 101 cm³/mol. The molecule has 0 spiro atoms. The molecule has 1 fully saturated rings. The summed E-state index contributed by atoms with van der Waals surface area (Å²) in [6.07, 6.45) is 6.98. The summed E-state index contributed by atoms with van der Waals surface area (Å²) in [5.41, 5.74) is 1.29. The number of carbonyl (C=O) groups is 1. The number of hydrogen-bond acceptors (Lipinski definition) is 2. The van der Waals surface area contributed by atoms with Gasteiger partial charge >= 0.3 is 0 Å². The Bertz CT molecular complexity index is 472. The maximum atomic E-state index is 12.9. The summed E-state index contributed by atoms with van der Waals surface area (Å²) >= 11 is 11.9. The molecule has 0 aliphatic heterocycles. The van der Waals surface area contributed by atoms with E-state index in [-0.39, 0.29) is 5.91 Å². The van der Waals surface area contributed by atoms with Crippen LogP contribution < -0.4 is 0 Å². The molecule has 1 aliphatic rings. The summed E-state index contributed by atoms with van der Waals surface area (Å²) in [6, 6.07) is 10.7. The molecule has 1 aromatic carbocycles. The number of amides is 1. The van der Waals surface area contributed by atoms with Crippen LogP contribution in [0.5, 0.6) is 0 Å². The molecule has 1 aromatic rings. The van der Waals surface area contributed by atoms with Crippen LogP contribution in [0.4, 0.5) is 0 Å². The van der Waals surface area contributed by atoms with Crippen LogP contribution in [0.15, 0.2) is 30.3 Å². The highest BCUT2D eigenvalue weighted by atomic mass is 35.5. The first kappa shape index (κ1) is 19.6. The van der Waals surface area contributed by atoms with E-state index < -0.39 is 0 Å². The normalized spacial score (nSPS) is 15.1. The van der Waals surface area contributed by atoms with Crippen molar-refractivity contribution >= 4 is 29.1 Å². The Morgan fingerprint density at radius 3 is 2.25 bits per heavy atom. The monoisotopic (exact) mass is 370 g/mol. The van der Waals surface area contributed by atoms with Crippen LogP contribution in [0, 0.1) is 0 Å². The molecule has 134 valence electrons. The molecule has 0 saturated heterocycles. The van der Waals surface area contributed by atoms with Crippen molar-refractivity contribution in [2.45, 2.75) is 51.0 Å². The molecule has 0 heterocycles. The fraction of sp³-hybridized carbons (Fsp3) is 0.632. The lowest BCUT2D eigenvalue weighted by Gasteiger charge is -2.39. The Morgan fingerprint density at radius 1 is 1.04 bits per heavy atom. The van der Waals surface area contributed by atoms with Crippen molar-refractivity contribution in [1.29, 1.82) is 0 Å². The fourth-order valence-electron chi connectivity index (χ4n) is 3.47. The van der Waals surface area contributed by atoms with Gasteiger partial charge in [0.05, 0.1) is 0 Å². The van der Waals surface area contributed by atoms with Crippen LogP contribution in [0.3, 0.4) is 0 Å². The SMILES string of the molecule is O=C(CCCc1ccccc1)N(C1CCCC1)N(CCCl)CCCl. The number of hydrazine groups is 1. The molecule has 0 bridgehead atoms. The summed E-state index contributed by atoms with van der Waals surface area (Å²) in [5.74, 6) is 1.24. The minimum absolute atomic E-state index is 0.216. The molecule has 24 heavy (non-hydrogen) atoms. The summed E-state index contributed by atoms with van der Waals surface area (Å²) in [6.45, 7) is 1.35. The van der Waals surface area contributed by atoms with E-state index in [4.69, 9.17) is 23.2 Å². The molecule has 2 rings (SSSR count). The molecule has 0 atom stereocenters. The van der Waals surface area contributed by atoms with Gasteiger partial charge in [0.25, 0.3) is 0 Å². The first-order valence-electron chi connectivity index (χ1n) is 8.99. The zero-order valence-corrected chi connectivity index (χ0v) is 15.8. The van der Waals surface area contributed by atoms with Crippen molar-refractivity contribution in [2.75, 3.05) is 24.8 Å². The van der Waals surface area contributed by atoms with E-state index >= 15 is 0 Å². The van der Waals surface area contributed by atoms with E-state index in [9.17, 15) is 4.79 Å². The second-order valence-corrected chi connectivity index (χ2v) is 7.10. The summed E-state index contributed by atoms with van der Waals surface area (Å²) in [5, 5.41) is 4.06. The molecule has 1 aliphatic carbocycles. The van der Waals surface area contributed by atoms with Crippen LogP contribution in [0.1, 0.15) is 44.1 Å². The molecule has 0 aromatic heterocycles. The molecule has 0 unspecified atom stereocenters. The topological polar surface area (TPSA) is 23.6 Å². The van der Waals surface area contributed by atoms with Gasteiger partial charge in [-0.3, -0.25) is 9.80 Å². The molecular weight excluding hydrogens is 343 g/mol.